The smallest absolute Gasteiger partial charge is 0.408 e. The lowest BCUT2D eigenvalue weighted by molar-refractivity contribution is -0.138. The van der Waals surface area contributed by atoms with Gasteiger partial charge in [-0.05, 0) is 41.0 Å². The monoisotopic (exact) mass is 481 g/mol. The fourth-order valence-electron chi connectivity index (χ4n) is 3.22. The molecule has 178 valence electrons. The van der Waals surface area contributed by atoms with Crippen LogP contribution >= 0.6 is 11.8 Å². The van der Waals surface area contributed by atoms with Crippen LogP contribution in [0.1, 0.15) is 21.9 Å². The summed E-state index contributed by atoms with van der Waals surface area (Å²) in [5.74, 6) is 0.465. The van der Waals surface area contributed by atoms with E-state index in [9.17, 15) is 14.7 Å². The zero-order valence-corrected chi connectivity index (χ0v) is 19.8. The lowest BCUT2D eigenvalue weighted by Gasteiger charge is -2.21. The molecule has 0 saturated heterocycles. The Morgan fingerprint density at radius 2 is 1.38 bits per heavy atom. The molecule has 7 nitrogen and oxygen atoms in total. The molecular weight excluding hydrogens is 454 g/mol. The molecule has 0 bridgehead atoms. The molecule has 0 unspecified atom stereocenters. The Hall–Kier alpha value is -3.65. The number of carboxylic acids is 1. The van der Waals surface area contributed by atoms with Crippen molar-refractivity contribution in [3.8, 4) is 11.5 Å². The van der Waals surface area contributed by atoms with Crippen molar-refractivity contribution in [2.45, 2.75) is 17.9 Å². The minimum absolute atomic E-state index is 0.0620. The summed E-state index contributed by atoms with van der Waals surface area (Å²) in [6, 6.07) is 23.3. The summed E-state index contributed by atoms with van der Waals surface area (Å²) in [4.78, 5) is 24.1. The highest BCUT2D eigenvalue weighted by Crippen LogP contribution is 2.37. The maximum absolute atomic E-state index is 12.2. The first kappa shape index (κ1) is 25.0. The van der Waals surface area contributed by atoms with Crippen LogP contribution in [0.4, 0.5) is 4.79 Å². The molecule has 0 fully saturated rings. The summed E-state index contributed by atoms with van der Waals surface area (Å²) < 4.78 is 15.7. The van der Waals surface area contributed by atoms with Gasteiger partial charge in [0.2, 0.25) is 0 Å². The molecule has 0 spiro atoms. The largest absolute Gasteiger partial charge is 0.497 e. The van der Waals surface area contributed by atoms with E-state index in [0.29, 0.717) is 0 Å². The molecule has 1 amide bonds. The van der Waals surface area contributed by atoms with Gasteiger partial charge >= 0.3 is 12.1 Å². The number of nitrogens with one attached hydrogen (secondary N) is 1. The van der Waals surface area contributed by atoms with Gasteiger partial charge in [-0.25, -0.2) is 9.59 Å². The van der Waals surface area contributed by atoms with Crippen LogP contribution in [0.5, 0.6) is 11.5 Å². The third-order valence-corrected chi connectivity index (χ3v) is 6.47. The van der Waals surface area contributed by atoms with Crippen molar-refractivity contribution in [3.05, 3.63) is 95.6 Å². The minimum atomic E-state index is -1.13. The fourth-order valence-corrected chi connectivity index (χ4v) is 4.53. The zero-order valence-electron chi connectivity index (χ0n) is 19.0. The van der Waals surface area contributed by atoms with Gasteiger partial charge in [0.15, 0.2) is 0 Å². The summed E-state index contributed by atoms with van der Waals surface area (Å²) in [5.41, 5.74) is 2.77. The third-order valence-electron chi connectivity index (χ3n) is 5.07. The second-order valence-electron chi connectivity index (χ2n) is 7.36. The molecule has 0 aliphatic heterocycles. The van der Waals surface area contributed by atoms with Crippen molar-refractivity contribution in [3.63, 3.8) is 0 Å². The van der Waals surface area contributed by atoms with E-state index in [1.165, 1.54) is 11.8 Å². The van der Waals surface area contributed by atoms with E-state index in [0.717, 1.165) is 28.2 Å². The van der Waals surface area contributed by atoms with Crippen LogP contribution < -0.4 is 14.8 Å². The first-order chi connectivity index (χ1) is 16.5. The van der Waals surface area contributed by atoms with Gasteiger partial charge in [-0.3, -0.25) is 0 Å². The molecule has 1 atom stereocenters. The third kappa shape index (κ3) is 7.18. The van der Waals surface area contributed by atoms with E-state index in [2.05, 4.69) is 5.32 Å². The fraction of sp³-hybridized carbons (Fsp3) is 0.231. The van der Waals surface area contributed by atoms with Crippen molar-refractivity contribution >= 4 is 23.8 Å². The molecule has 3 aromatic carbocycles. The maximum Gasteiger partial charge on any atom is 0.408 e. The van der Waals surface area contributed by atoms with Crippen LogP contribution in [-0.2, 0) is 16.1 Å². The topological polar surface area (TPSA) is 94.1 Å². The SMILES string of the molecule is COc1ccc(C(SC[C@H](NC(=O)OCc2ccccc2)C(=O)O)c2ccc(OC)cc2)cc1. The molecule has 0 heterocycles. The average molecular weight is 482 g/mol. The van der Waals surface area contributed by atoms with E-state index in [1.54, 1.807) is 14.2 Å². The first-order valence-electron chi connectivity index (χ1n) is 10.6. The average Bonchev–Trinajstić information content (AvgIpc) is 2.88. The molecule has 0 aliphatic rings. The molecule has 34 heavy (non-hydrogen) atoms. The van der Waals surface area contributed by atoms with Crippen molar-refractivity contribution in [1.82, 2.24) is 5.32 Å². The summed E-state index contributed by atoms with van der Waals surface area (Å²) in [6.45, 7) is 0.0620. The van der Waals surface area contributed by atoms with Gasteiger partial charge in [-0.1, -0.05) is 54.6 Å². The number of aliphatic carboxylic acids is 1. The van der Waals surface area contributed by atoms with Crippen molar-refractivity contribution in [2.24, 2.45) is 0 Å². The number of rotatable bonds is 11. The van der Waals surface area contributed by atoms with Crippen LogP contribution in [0.25, 0.3) is 0 Å². The number of carboxylic acid groups (broad SMARTS) is 1. The van der Waals surface area contributed by atoms with Crippen molar-refractivity contribution < 1.29 is 28.9 Å². The molecule has 3 rings (SSSR count). The lowest BCUT2D eigenvalue weighted by Crippen LogP contribution is -2.43. The van der Waals surface area contributed by atoms with Gasteiger partial charge in [0.25, 0.3) is 0 Å². The highest BCUT2D eigenvalue weighted by atomic mass is 32.2. The zero-order chi connectivity index (χ0) is 24.3. The van der Waals surface area contributed by atoms with E-state index in [-0.39, 0.29) is 17.6 Å². The number of benzene rings is 3. The Morgan fingerprint density at radius 1 is 0.853 bits per heavy atom. The van der Waals surface area contributed by atoms with Gasteiger partial charge in [-0.15, -0.1) is 11.8 Å². The summed E-state index contributed by atoms with van der Waals surface area (Å²) in [5, 5.41) is 12.0. The number of hydrogen-bond acceptors (Lipinski definition) is 6. The highest BCUT2D eigenvalue weighted by Gasteiger charge is 2.24. The first-order valence-corrected chi connectivity index (χ1v) is 11.6. The number of carbonyl (C=O) groups is 2. The Kier molecular flexibility index (Phi) is 9.22. The van der Waals surface area contributed by atoms with E-state index in [4.69, 9.17) is 14.2 Å². The maximum atomic E-state index is 12.2. The molecule has 2 N–H and O–H groups in total. The van der Waals surface area contributed by atoms with Gasteiger partial charge < -0.3 is 24.6 Å². The van der Waals surface area contributed by atoms with E-state index < -0.39 is 18.1 Å². The number of amides is 1. The predicted octanol–water partition coefficient (Wildman–Crippen LogP) is 4.91. The molecule has 0 radical (unpaired) electrons. The molecular formula is C26H27NO6S. The van der Waals surface area contributed by atoms with Crippen LogP contribution in [0, 0.1) is 0 Å². The van der Waals surface area contributed by atoms with E-state index >= 15 is 0 Å². The van der Waals surface area contributed by atoms with Gasteiger partial charge in [0.05, 0.1) is 19.5 Å². The summed E-state index contributed by atoms with van der Waals surface area (Å²) in [6.07, 6.45) is -0.776. The van der Waals surface area contributed by atoms with Gasteiger partial charge in [-0.2, -0.15) is 0 Å². The number of alkyl carbamates (subject to hydrolysis) is 1. The number of methoxy groups -OCH3 is 2. The van der Waals surface area contributed by atoms with Crippen LogP contribution in [0.15, 0.2) is 78.9 Å². The molecule has 0 saturated carbocycles. The van der Waals surface area contributed by atoms with Crippen molar-refractivity contribution in [2.75, 3.05) is 20.0 Å². The molecule has 3 aromatic rings. The van der Waals surface area contributed by atoms with Crippen LogP contribution in [-0.4, -0.2) is 43.2 Å². The van der Waals surface area contributed by atoms with E-state index in [1.807, 2.05) is 78.9 Å². The second-order valence-corrected chi connectivity index (χ2v) is 8.49. The minimum Gasteiger partial charge on any atom is -0.497 e. The number of thioether (sulfide) groups is 1. The van der Waals surface area contributed by atoms with Gasteiger partial charge in [0, 0.05) is 5.75 Å². The Labute approximate surface area is 203 Å². The predicted molar refractivity (Wildman–Crippen MR) is 131 cm³/mol. The van der Waals surface area contributed by atoms with Gasteiger partial charge in [0.1, 0.15) is 24.1 Å². The van der Waals surface area contributed by atoms with Crippen LogP contribution in [0.2, 0.25) is 0 Å². The summed E-state index contributed by atoms with van der Waals surface area (Å²) >= 11 is 1.41. The second kappa shape index (κ2) is 12.6. The Bertz CT molecular complexity index is 1010. The lowest BCUT2D eigenvalue weighted by atomic mass is 10.0. The number of ether oxygens (including phenoxy) is 3. The number of hydrogen-bond donors (Lipinski definition) is 2. The number of carbonyl (C=O) groups excluding carboxylic acids is 1. The van der Waals surface area contributed by atoms with Crippen molar-refractivity contribution in [1.29, 1.82) is 0 Å². The molecule has 0 aliphatic carbocycles. The standard InChI is InChI=1S/C26H27NO6S/c1-31-21-12-8-19(9-13-21)24(20-10-14-22(32-2)15-11-20)34-17-23(25(28)29)27-26(30)33-16-18-6-4-3-5-7-18/h3-15,23-24H,16-17H2,1-2H3,(H,27,30)(H,28,29)/t23-/m0/s1. The quantitative estimate of drug-likeness (QED) is 0.402. The summed E-state index contributed by atoms with van der Waals surface area (Å²) in [7, 11) is 3.20. The Balaban J connectivity index is 1.70. The molecule has 8 heteroatoms. The highest BCUT2D eigenvalue weighted by molar-refractivity contribution is 7.99. The normalized spacial score (nSPS) is 11.5. The van der Waals surface area contributed by atoms with Crippen LogP contribution in [0.3, 0.4) is 0 Å². The molecule has 0 aromatic heterocycles. The Morgan fingerprint density at radius 3 is 1.85 bits per heavy atom.